The van der Waals surface area contributed by atoms with Gasteiger partial charge in [-0.15, -0.1) is 0 Å². The highest BCUT2D eigenvalue weighted by molar-refractivity contribution is 5.89. The van der Waals surface area contributed by atoms with Crippen LogP contribution in [-0.2, 0) is 11.2 Å². The second kappa shape index (κ2) is 3.05. The normalized spacial score (nSPS) is 10.5. The minimum atomic E-state index is 0.175. The second-order valence-corrected chi connectivity index (χ2v) is 3.17. The Kier molecular flexibility index (Phi) is 1.89. The van der Waals surface area contributed by atoms with Crippen LogP contribution in [-0.4, -0.2) is 5.78 Å². The van der Waals surface area contributed by atoms with Crippen LogP contribution >= 0.6 is 0 Å². The van der Waals surface area contributed by atoms with Crippen molar-refractivity contribution in [2.75, 3.05) is 0 Å². The van der Waals surface area contributed by atoms with Gasteiger partial charge in [-0.25, -0.2) is 0 Å². The van der Waals surface area contributed by atoms with Crippen LogP contribution in [0.1, 0.15) is 12.5 Å². The summed E-state index contributed by atoms with van der Waals surface area (Å²) in [5.74, 6) is 0.175. The van der Waals surface area contributed by atoms with Gasteiger partial charge in [0.2, 0.25) is 0 Å². The lowest BCUT2D eigenvalue weighted by Gasteiger charge is -1.98. The van der Waals surface area contributed by atoms with Crippen LogP contribution in [0.5, 0.6) is 0 Å². The van der Waals surface area contributed by atoms with E-state index in [9.17, 15) is 4.79 Å². The van der Waals surface area contributed by atoms with Crippen LogP contribution in [0.4, 0.5) is 0 Å². The van der Waals surface area contributed by atoms with Gasteiger partial charge in [0.15, 0.2) is 0 Å². The number of carbonyl (C=O) groups is 1. The average Bonchev–Trinajstić information content (AvgIpc) is 2.51. The van der Waals surface area contributed by atoms with Gasteiger partial charge in [-0.1, -0.05) is 18.2 Å². The quantitative estimate of drug-likeness (QED) is 0.700. The summed E-state index contributed by atoms with van der Waals surface area (Å²) < 4.78 is 5.08. The highest BCUT2D eigenvalue weighted by Crippen LogP contribution is 2.20. The van der Waals surface area contributed by atoms with Gasteiger partial charge >= 0.3 is 0 Å². The molecule has 2 aromatic rings. The van der Waals surface area contributed by atoms with E-state index in [2.05, 4.69) is 0 Å². The monoisotopic (exact) mass is 174 g/mol. The molecule has 0 atom stereocenters. The van der Waals surface area contributed by atoms with Crippen LogP contribution in [0.3, 0.4) is 0 Å². The van der Waals surface area contributed by atoms with E-state index in [-0.39, 0.29) is 5.78 Å². The maximum atomic E-state index is 10.9. The molecule has 0 aliphatic heterocycles. The molecule has 1 heterocycles. The fourth-order valence-electron chi connectivity index (χ4n) is 1.48. The smallest absolute Gasteiger partial charge is 0.134 e. The predicted octanol–water partition coefficient (Wildman–Crippen LogP) is 2.56. The average molecular weight is 174 g/mol. The van der Waals surface area contributed by atoms with Crippen molar-refractivity contribution in [3.05, 3.63) is 36.3 Å². The number of Topliss-reactive ketones (excluding diaryl/α,β-unsaturated/α-hetero) is 1. The molecular formula is C11H10O2. The molecule has 0 saturated carbocycles. The van der Waals surface area contributed by atoms with Crippen LogP contribution in [0, 0.1) is 0 Å². The van der Waals surface area contributed by atoms with Crippen LogP contribution in [0.15, 0.2) is 35.1 Å². The van der Waals surface area contributed by atoms with Crippen molar-refractivity contribution in [3.63, 3.8) is 0 Å². The number of ketones is 1. The van der Waals surface area contributed by atoms with Gasteiger partial charge in [0, 0.05) is 17.2 Å². The van der Waals surface area contributed by atoms with Gasteiger partial charge in [0.1, 0.15) is 5.78 Å². The number of hydrogen-bond acceptors (Lipinski definition) is 2. The number of fused-ring (bicyclic) bond motifs is 1. The van der Waals surface area contributed by atoms with Crippen molar-refractivity contribution in [2.45, 2.75) is 13.3 Å². The molecule has 1 aromatic carbocycles. The zero-order valence-corrected chi connectivity index (χ0v) is 7.41. The Balaban J connectivity index is 2.54. The molecule has 13 heavy (non-hydrogen) atoms. The highest BCUT2D eigenvalue weighted by Gasteiger charge is 2.04. The number of furan rings is 1. The number of rotatable bonds is 2. The van der Waals surface area contributed by atoms with Crippen molar-refractivity contribution < 1.29 is 9.21 Å². The molecule has 0 fully saturated rings. The van der Waals surface area contributed by atoms with E-state index in [1.807, 2.05) is 18.2 Å². The summed E-state index contributed by atoms with van der Waals surface area (Å²) in [4.78, 5) is 10.9. The van der Waals surface area contributed by atoms with Crippen LogP contribution in [0.2, 0.25) is 0 Å². The standard InChI is InChI=1S/C11H10O2/c1-8(12)5-9-3-2-4-10-6-13-7-11(9)10/h2-4,6-7H,5H2,1H3. The van der Waals surface area contributed by atoms with Crippen LogP contribution < -0.4 is 0 Å². The molecule has 0 aliphatic rings. The molecule has 1 aromatic heterocycles. The van der Waals surface area contributed by atoms with Gasteiger partial charge in [0.05, 0.1) is 12.5 Å². The summed E-state index contributed by atoms with van der Waals surface area (Å²) in [7, 11) is 0. The molecule has 2 rings (SSSR count). The molecule has 66 valence electrons. The molecule has 0 amide bonds. The maximum Gasteiger partial charge on any atom is 0.134 e. The van der Waals surface area contributed by atoms with E-state index >= 15 is 0 Å². The van der Waals surface area contributed by atoms with Crippen molar-refractivity contribution in [3.8, 4) is 0 Å². The van der Waals surface area contributed by atoms with Crippen LogP contribution in [0.25, 0.3) is 10.8 Å². The van der Waals surface area contributed by atoms with E-state index in [1.54, 1.807) is 19.5 Å². The minimum Gasteiger partial charge on any atom is -0.471 e. The third-order valence-electron chi connectivity index (χ3n) is 2.05. The Morgan fingerprint density at radius 1 is 1.38 bits per heavy atom. The zero-order valence-electron chi connectivity index (χ0n) is 7.41. The molecule has 0 N–H and O–H groups in total. The Morgan fingerprint density at radius 3 is 3.00 bits per heavy atom. The molecule has 0 saturated heterocycles. The maximum absolute atomic E-state index is 10.9. The summed E-state index contributed by atoms with van der Waals surface area (Å²) in [6.45, 7) is 1.60. The first-order valence-corrected chi connectivity index (χ1v) is 4.20. The molecular weight excluding hydrogens is 164 g/mol. The lowest BCUT2D eigenvalue weighted by molar-refractivity contribution is -0.116. The lowest BCUT2D eigenvalue weighted by Crippen LogP contribution is -1.95. The van der Waals surface area contributed by atoms with E-state index in [0.29, 0.717) is 6.42 Å². The fourth-order valence-corrected chi connectivity index (χ4v) is 1.48. The van der Waals surface area contributed by atoms with Gasteiger partial charge in [-0.05, 0) is 12.5 Å². The first kappa shape index (κ1) is 8.05. The molecule has 0 bridgehead atoms. The molecule has 0 unspecified atom stereocenters. The van der Waals surface area contributed by atoms with Crippen molar-refractivity contribution >= 4 is 16.6 Å². The van der Waals surface area contributed by atoms with Crippen molar-refractivity contribution in [1.29, 1.82) is 0 Å². The van der Waals surface area contributed by atoms with E-state index in [0.717, 1.165) is 16.3 Å². The van der Waals surface area contributed by atoms with Gasteiger partial charge < -0.3 is 4.42 Å². The SMILES string of the molecule is CC(=O)Cc1cccc2cocc12. The molecule has 2 nitrogen and oxygen atoms in total. The molecule has 0 spiro atoms. The summed E-state index contributed by atoms with van der Waals surface area (Å²) >= 11 is 0. The summed E-state index contributed by atoms with van der Waals surface area (Å²) in [6, 6.07) is 5.87. The molecule has 2 heteroatoms. The highest BCUT2D eigenvalue weighted by atomic mass is 16.3. The molecule has 0 radical (unpaired) electrons. The van der Waals surface area contributed by atoms with Gasteiger partial charge in [-0.3, -0.25) is 4.79 Å². The third kappa shape index (κ3) is 1.47. The zero-order chi connectivity index (χ0) is 9.26. The topological polar surface area (TPSA) is 30.2 Å². The second-order valence-electron chi connectivity index (χ2n) is 3.17. The van der Waals surface area contributed by atoms with E-state index in [1.165, 1.54) is 0 Å². The summed E-state index contributed by atoms with van der Waals surface area (Å²) in [5, 5.41) is 2.09. The van der Waals surface area contributed by atoms with E-state index < -0.39 is 0 Å². The first-order valence-electron chi connectivity index (χ1n) is 4.20. The van der Waals surface area contributed by atoms with Gasteiger partial charge in [0.25, 0.3) is 0 Å². The third-order valence-corrected chi connectivity index (χ3v) is 2.05. The summed E-state index contributed by atoms with van der Waals surface area (Å²) in [5.41, 5.74) is 1.04. The largest absolute Gasteiger partial charge is 0.471 e. The number of carbonyl (C=O) groups excluding carboxylic acids is 1. The Morgan fingerprint density at radius 2 is 2.23 bits per heavy atom. The Bertz CT molecular complexity index is 440. The van der Waals surface area contributed by atoms with Crippen molar-refractivity contribution in [1.82, 2.24) is 0 Å². The number of benzene rings is 1. The Labute approximate surface area is 76.2 Å². The molecule has 0 aliphatic carbocycles. The van der Waals surface area contributed by atoms with Gasteiger partial charge in [-0.2, -0.15) is 0 Å². The fraction of sp³-hybridized carbons (Fsp3) is 0.182. The lowest BCUT2D eigenvalue weighted by atomic mass is 10.0. The first-order chi connectivity index (χ1) is 6.27. The minimum absolute atomic E-state index is 0.175. The Hall–Kier alpha value is -1.57. The number of hydrogen-bond donors (Lipinski definition) is 0. The van der Waals surface area contributed by atoms with Crippen molar-refractivity contribution in [2.24, 2.45) is 0 Å². The summed E-state index contributed by atoms with van der Waals surface area (Å²) in [6.07, 6.45) is 3.86. The predicted molar refractivity (Wildman–Crippen MR) is 50.6 cm³/mol. The van der Waals surface area contributed by atoms with E-state index in [4.69, 9.17) is 4.42 Å².